The summed E-state index contributed by atoms with van der Waals surface area (Å²) in [6.07, 6.45) is 47.1. The van der Waals surface area contributed by atoms with Crippen molar-refractivity contribution < 1.29 is 47.8 Å². The van der Waals surface area contributed by atoms with Crippen LogP contribution < -0.4 is 4.89 Å². The summed E-state index contributed by atoms with van der Waals surface area (Å²) in [6.45, 7) is 1.99. The summed E-state index contributed by atoms with van der Waals surface area (Å²) in [5, 5.41) is 18.3. The quantitative estimate of drug-likeness (QED) is 0.0264. The topological polar surface area (TPSA) is 152 Å². The number of aliphatic hydroxyl groups is 2. The molecule has 0 saturated heterocycles. The lowest BCUT2D eigenvalue weighted by Crippen LogP contribution is -2.30. The first-order valence-electron chi connectivity index (χ1n) is 21.9. The van der Waals surface area contributed by atoms with Crippen molar-refractivity contribution in [1.82, 2.24) is 0 Å². The number of hydrogen-bond acceptors (Lipinski definition) is 10. The van der Waals surface area contributed by atoms with E-state index in [0.29, 0.717) is 12.8 Å². The molecule has 0 fully saturated rings. The first-order chi connectivity index (χ1) is 27.7. The SMILES string of the molecule is CC/C=C\C/C=C\C/C=C\C/C=C\C/C=C\C/C=C\CCC(=O)O[C@H](COC(=O)CCCCCCCCCCCCCCCCC)COP(=O)([O-])OCC(O)CO. The van der Waals surface area contributed by atoms with Crippen LogP contribution in [0.25, 0.3) is 0 Å². The van der Waals surface area contributed by atoms with Crippen molar-refractivity contribution in [2.75, 3.05) is 26.4 Å². The van der Waals surface area contributed by atoms with Crippen LogP contribution in [-0.2, 0) is 32.7 Å². The summed E-state index contributed by atoms with van der Waals surface area (Å²) in [4.78, 5) is 37.1. The summed E-state index contributed by atoms with van der Waals surface area (Å²) in [6, 6.07) is 0. The predicted molar refractivity (Wildman–Crippen MR) is 230 cm³/mol. The van der Waals surface area contributed by atoms with Crippen molar-refractivity contribution in [2.45, 2.75) is 180 Å². The van der Waals surface area contributed by atoms with Crippen LogP contribution in [-0.4, -0.2) is 60.8 Å². The van der Waals surface area contributed by atoms with Gasteiger partial charge in [0.1, 0.15) is 12.7 Å². The summed E-state index contributed by atoms with van der Waals surface area (Å²) < 4.78 is 32.2. The zero-order valence-electron chi connectivity index (χ0n) is 35.5. The first kappa shape index (κ1) is 54.4. The number of esters is 2. The van der Waals surface area contributed by atoms with Gasteiger partial charge in [-0.05, 0) is 51.4 Å². The van der Waals surface area contributed by atoms with E-state index in [0.717, 1.165) is 57.8 Å². The molecule has 10 nitrogen and oxygen atoms in total. The number of hydrogen-bond donors (Lipinski definition) is 2. The molecule has 0 rings (SSSR count). The smallest absolute Gasteiger partial charge is 0.306 e. The minimum atomic E-state index is -4.89. The highest BCUT2D eigenvalue weighted by Gasteiger charge is 2.21. The summed E-state index contributed by atoms with van der Waals surface area (Å²) in [5.74, 6) is -1.06. The van der Waals surface area contributed by atoms with E-state index in [1.807, 2.05) is 12.2 Å². The van der Waals surface area contributed by atoms with E-state index in [1.165, 1.54) is 70.6 Å². The normalized spacial score (nSPS) is 14.5. The maximum Gasteiger partial charge on any atom is 0.306 e. The van der Waals surface area contributed by atoms with Crippen LogP contribution in [0.15, 0.2) is 72.9 Å². The van der Waals surface area contributed by atoms with Gasteiger partial charge in [-0.3, -0.25) is 14.2 Å². The van der Waals surface area contributed by atoms with Crippen molar-refractivity contribution in [2.24, 2.45) is 0 Å². The number of unbranched alkanes of at least 4 members (excludes halogenated alkanes) is 14. The largest absolute Gasteiger partial charge is 0.756 e. The van der Waals surface area contributed by atoms with E-state index in [-0.39, 0.29) is 19.4 Å². The summed E-state index contributed by atoms with van der Waals surface area (Å²) in [5.41, 5.74) is 0. The molecule has 0 aromatic heterocycles. The molecule has 57 heavy (non-hydrogen) atoms. The van der Waals surface area contributed by atoms with Crippen molar-refractivity contribution in [3.05, 3.63) is 72.9 Å². The number of aliphatic hydroxyl groups excluding tert-OH is 2. The van der Waals surface area contributed by atoms with E-state index in [2.05, 4.69) is 79.1 Å². The Bertz CT molecular complexity index is 1180. The molecule has 11 heteroatoms. The fourth-order valence-electron chi connectivity index (χ4n) is 5.54. The molecule has 2 N–H and O–H groups in total. The standard InChI is InChI=1S/C46H79O10P/c1-3-5-7-9-11-13-15-17-19-20-21-22-24-26-28-30-32-34-36-38-46(50)56-44(42-55-57(51,52)54-40-43(48)39-47)41-53-45(49)37-35-33-31-29-27-25-23-18-16-14-12-10-8-6-4-2/h5,7,11,13,17,19,21-22,26,28,32,34,43-44,47-48H,3-4,6,8-10,12,14-16,18,20,23-25,27,29-31,33,35-42H2,1-2H3,(H,51,52)/p-1/b7-5-,13-11-,19-17-,22-21-,28-26-,34-32-/t43?,44-/m1/s1. The number of rotatable bonds is 40. The molecule has 0 aliphatic carbocycles. The Morgan fingerprint density at radius 1 is 0.561 bits per heavy atom. The second-order valence-electron chi connectivity index (χ2n) is 14.3. The second kappa shape index (κ2) is 41.6. The monoisotopic (exact) mass is 822 g/mol. The van der Waals surface area contributed by atoms with E-state index in [9.17, 15) is 24.2 Å². The van der Waals surface area contributed by atoms with Gasteiger partial charge >= 0.3 is 11.9 Å². The second-order valence-corrected chi connectivity index (χ2v) is 15.7. The molecule has 0 aromatic carbocycles. The van der Waals surface area contributed by atoms with Gasteiger partial charge in [-0.25, -0.2) is 0 Å². The molecule has 0 aliphatic rings. The molecule has 328 valence electrons. The molecule has 0 aromatic rings. The Balaban J connectivity index is 4.43. The molecular weight excluding hydrogens is 743 g/mol. The van der Waals surface area contributed by atoms with E-state index >= 15 is 0 Å². The Hall–Kier alpha value is -2.59. The fraction of sp³-hybridized carbons (Fsp3) is 0.696. The molecule has 0 radical (unpaired) electrons. The Morgan fingerprint density at radius 2 is 0.982 bits per heavy atom. The lowest BCUT2D eigenvalue weighted by Gasteiger charge is -2.26. The van der Waals surface area contributed by atoms with Crippen LogP contribution in [0.5, 0.6) is 0 Å². The fourth-order valence-corrected chi connectivity index (χ4v) is 6.32. The van der Waals surface area contributed by atoms with Crippen LogP contribution in [0.4, 0.5) is 0 Å². The van der Waals surface area contributed by atoms with Crippen molar-refractivity contribution in [1.29, 1.82) is 0 Å². The van der Waals surface area contributed by atoms with Gasteiger partial charge in [-0.2, -0.15) is 0 Å². The van der Waals surface area contributed by atoms with Crippen LogP contribution in [0.3, 0.4) is 0 Å². The minimum Gasteiger partial charge on any atom is -0.756 e. The summed E-state index contributed by atoms with van der Waals surface area (Å²) in [7, 11) is -4.89. The van der Waals surface area contributed by atoms with E-state index < -0.39 is 51.8 Å². The maximum absolute atomic E-state index is 12.6. The minimum absolute atomic E-state index is 0.0416. The number of carbonyl (C=O) groups excluding carboxylic acids is 2. The van der Waals surface area contributed by atoms with Gasteiger partial charge in [0.15, 0.2) is 6.10 Å². The third-order valence-corrected chi connectivity index (χ3v) is 9.81. The number of carbonyl (C=O) groups is 2. The van der Waals surface area contributed by atoms with Gasteiger partial charge in [0.05, 0.1) is 19.8 Å². The molecular formula is C46H78O10P-. The first-order valence-corrected chi connectivity index (χ1v) is 23.3. The van der Waals surface area contributed by atoms with Crippen LogP contribution in [0, 0.1) is 0 Å². The highest BCUT2D eigenvalue weighted by molar-refractivity contribution is 7.45. The van der Waals surface area contributed by atoms with Gasteiger partial charge in [0, 0.05) is 12.8 Å². The zero-order chi connectivity index (χ0) is 41.9. The molecule has 2 unspecified atom stereocenters. The van der Waals surface area contributed by atoms with Gasteiger partial charge in [0.2, 0.25) is 0 Å². The Morgan fingerprint density at radius 3 is 1.44 bits per heavy atom. The van der Waals surface area contributed by atoms with Gasteiger partial charge in [-0.15, -0.1) is 0 Å². The van der Waals surface area contributed by atoms with Gasteiger partial charge in [-0.1, -0.05) is 177 Å². The highest BCUT2D eigenvalue weighted by Crippen LogP contribution is 2.38. The number of ether oxygens (including phenoxy) is 2. The highest BCUT2D eigenvalue weighted by atomic mass is 31.2. The van der Waals surface area contributed by atoms with Crippen LogP contribution >= 0.6 is 7.82 Å². The molecule has 0 spiro atoms. The van der Waals surface area contributed by atoms with Crippen molar-refractivity contribution >= 4 is 19.8 Å². The average molecular weight is 822 g/mol. The predicted octanol–water partition coefficient (Wildman–Crippen LogP) is 11.0. The Labute approximate surface area is 346 Å². The maximum atomic E-state index is 12.6. The third kappa shape index (κ3) is 41.4. The lowest BCUT2D eigenvalue weighted by atomic mass is 10.0. The van der Waals surface area contributed by atoms with Gasteiger partial charge < -0.3 is 33.6 Å². The Kier molecular flexibility index (Phi) is 39.7. The van der Waals surface area contributed by atoms with Gasteiger partial charge in [0.25, 0.3) is 7.82 Å². The zero-order valence-corrected chi connectivity index (χ0v) is 36.4. The lowest BCUT2D eigenvalue weighted by molar-refractivity contribution is -0.230. The van der Waals surface area contributed by atoms with Crippen molar-refractivity contribution in [3.63, 3.8) is 0 Å². The molecule has 3 atom stereocenters. The molecule has 0 amide bonds. The average Bonchev–Trinajstić information content (AvgIpc) is 3.20. The molecule has 0 bridgehead atoms. The van der Waals surface area contributed by atoms with Crippen molar-refractivity contribution in [3.8, 4) is 0 Å². The molecule has 0 aliphatic heterocycles. The number of phosphoric acid groups is 1. The van der Waals surface area contributed by atoms with E-state index in [4.69, 9.17) is 19.1 Å². The van der Waals surface area contributed by atoms with Crippen LogP contribution in [0.2, 0.25) is 0 Å². The number of phosphoric ester groups is 1. The third-order valence-electron chi connectivity index (χ3n) is 8.88. The molecule has 0 heterocycles. The van der Waals surface area contributed by atoms with Crippen LogP contribution in [0.1, 0.15) is 168 Å². The number of allylic oxidation sites excluding steroid dienone is 12. The molecule has 0 saturated carbocycles. The van der Waals surface area contributed by atoms with E-state index in [1.54, 1.807) is 0 Å². The summed E-state index contributed by atoms with van der Waals surface area (Å²) >= 11 is 0.